The first kappa shape index (κ1) is 42.4. The van der Waals surface area contributed by atoms with Gasteiger partial charge in [0.05, 0.1) is 18.8 Å². The average Bonchev–Trinajstić information content (AvgIpc) is 3.63. The number of carbonyl (C=O) groups excluding carboxylic acids is 3. The molecule has 1 atom stereocenters. The summed E-state index contributed by atoms with van der Waals surface area (Å²) in [4.78, 5) is 46.4. The van der Waals surface area contributed by atoms with Gasteiger partial charge in [0, 0.05) is 36.9 Å². The van der Waals surface area contributed by atoms with Crippen LogP contribution in [0.5, 0.6) is 28.7 Å². The highest BCUT2D eigenvalue weighted by Gasteiger charge is 2.27. The van der Waals surface area contributed by atoms with E-state index >= 15 is 0 Å². The minimum absolute atomic E-state index is 0.0169. The second-order valence-corrected chi connectivity index (χ2v) is 16.2. The number of hydrogen-bond donors (Lipinski definition) is 4. The Hall–Kier alpha value is -5.35. The molecule has 0 spiro atoms. The standard InChI is InChI=1S/C35H36FN4O12PS2/c1-22(41)50-30-10-7-25(18-32(30)51-23(2)42)35(43)39-14-4-16-49-31-17-24(6-9-29(31)48-15-3-13-37)33-11-12-34(54-33)55(46,47)40-21-53(44,45)52-27-8-5-26(20-38)28(36)19-27/h5-12,17-19,40H,3-4,13-16,21,37H2,1-2H3,(H,39,43)(H,44,45). The van der Waals surface area contributed by atoms with Crippen LogP contribution in [0, 0.1) is 17.1 Å². The van der Waals surface area contributed by atoms with Gasteiger partial charge in [0.1, 0.15) is 28.1 Å². The van der Waals surface area contributed by atoms with Gasteiger partial charge in [-0.25, -0.2) is 17.4 Å². The molecule has 292 valence electrons. The van der Waals surface area contributed by atoms with Gasteiger partial charge in [0.15, 0.2) is 23.0 Å². The predicted molar refractivity (Wildman–Crippen MR) is 197 cm³/mol. The Labute approximate surface area is 319 Å². The predicted octanol–water partition coefficient (Wildman–Crippen LogP) is 4.70. The molecule has 1 unspecified atom stereocenters. The van der Waals surface area contributed by atoms with Gasteiger partial charge in [0.25, 0.3) is 15.9 Å². The number of ether oxygens (including phenoxy) is 4. The highest BCUT2D eigenvalue weighted by Crippen LogP contribution is 2.43. The number of esters is 2. The van der Waals surface area contributed by atoms with Crippen LogP contribution in [0.15, 0.2) is 70.9 Å². The van der Waals surface area contributed by atoms with Crippen LogP contribution >= 0.6 is 18.9 Å². The monoisotopic (exact) mass is 818 g/mol. The maximum absolute atomic E-state index is 13.9. The molecule has 5 N–H and O–H groups in total. The van der Waals surface area contributed by atoms with Crippen molar-refractivity contribution in [3.8, 4) is 45.3 Å². The summed E-state index contributed by atoms with van der Waals surface area (Å²) in [5.41, 5.74) is 6.02. The van der Waals surface area contributed by atoms with Crippen LogP contribution in [-0.2, 0) is 24.2 Å². The maximum Gasteiger partial charge on any atom is 0.391 e. The van der Waals surface area contributed by atoms with Crippen molar-refractivity contribution in [2.75, 3.05) is 32.6 Å². The molecule has 0 bridgehead atoms. The van der Waals surface area contributed by atoms with E-state index in [0.29, 0.717) is 47.9 Å². The van der Waals surface area contributed by atoms with Crippen molar-refractivity contribution in [3.05, 3.63) is 83.7 Å². The lowest BCUT2D eigenvalue weighted by Crippen LogP contribution is -2.25. The molecule has 0 radical (unpaired) electrons. The van der Waals surface area contributed by atoms with Gasteiger partial charge in [0.2, 0.25) is 0 Å². The number of sulfonamides is 1. The number of nitriles is 1. The van der Waals surface area contributed by atoms with Gasteiger partial charge in [-0.3, -0.25) is 14.4 Å². The van der Waals surface area contributed by atoms with Gasteiger partial charge in [-0.15, -0.1) is 11.3 Å². The van der Waals surface area contributed by atoms with Gasteiger partial charge in [-0.05, 0) is 85.6 Å². The van der Waals surface area contributed by atoms with Crippen LogP contribution in [0.3, 0.4) is 0 Å². The number of nitrogens with zero attached hydrogens (tertiary/aromatic N) is 1. The molecule has 16 nitrogen and oxygen atoms in total. The second-order valence-electron chi connectivity index (χ2n) is 11.4. The first-order valence-corrected chi connectivity index (χ1v) is 20.4. The third-order valence-electron chi connectivity index (χ3n) is 7.02. The fourth-order valence-electron chi connectivity index (χ4n) is 4.54. The molecular formula is C35H36FN4O12PS2. The van der Waals surface area contributed by atoms with Crippen LogP contribution in [0.25, 0.3) is 10.4 Å². The third-order valence-corrected chi connectivity index (χ3v) is 11.3. The maximum atomic E-state index is 13.9. The van der Waals surface area contributed by atoms with Crippen molar-refractivity contribution in [1.82, 2.24) is 10.0 Å². The summed E-state index contributed by atoms with van der Waals surface area (Å²) < 4.78 is 81.2. The topological polar surface area (TPSA) is 243 Å². The number of rotatable bonds is 19. The molecule has 0 saturated heterocycles. The van der Waals surface area contributed by atoms with E-state index in [1.165, 1.54) is 38.1 Å². The number of thiophene rings is 1. The van der Waals surface area contributed by atoms with Gasteiger partial charge in [-0.2, -0.15) is 9.98 Å². The molecule has 55 heavy (non-hydrogen) atoms. The fourth-order valence-corrected chi connectivity index (χ4v) is 8.39. The zero-order valence-corrected chi connectivity index (χ0v) is 31.9. The van der Waals surface area contributed by atoms with Crippen molar-refractivity contribution in [2.24, 2.45) is 5.73 Å². The lowest BCUT2D eigenvalue weighted by Gasteiger charge is -2.14. The van der Waals surface area contributed by atoms with E-state index in [4.69, 9.17) is 34.5 Å². The summed E-state index contributed by atoms with van der Waals surface area (Å²) in [5.74, 6) is -2.49. The molecule has 1 aromatic heterocycles. The van der Waals surface area contributed by atoms with Crippen molar-refractivity contribution in [3.63, 3.8) is 0 Å². The third kappa shape index (κ3) is 12.6. The largest absolute Gasteiger partial charge is 0.490 e. The van der Waals surface area contributed by atoms with Gasteiger partial charge < -0.3 is 39.4 Å². The molecule has 3 aromatic carbocycles. The van der Waals surface area contributed by atoms with E-state index in [2.05, 4.69) is 5.32 Å². The van der Waals surface area contributed by atoms with Crippen molar-refractivity contribution in [2.45, 2.75) is 30.9 Å². The number of carbonyl (C=O) groups is 3. The second kappa shape index (κ2) is 19.3. The lowest BCUT2D eigenvalue weighted by molar-refractivity contribution is -0.134. The quantitative estimate of drug-likeness (QED) is 0.0434. The summed E-state index contributed by atoms with van der Waals surface area (Å²) in [6, 6.07) is 16.4. The van der Waals surface area contributed by atoms with Crippen LogP contribution in [-0.4, -0.2) is 63.7 Å². The highest BCUT2D eigenvalue weighted by atomic mass is 32.2. The van der Waals surface area contributed by atoms with E-state index in [1.54, 1.807) is 30.3 Å². The smallest absolute Gasteiger partial charge is 0.391 e. The normalized spacial score (nSPS) is 12.1. The number of nitrogens with two attached hydrogens (primary N) is 1. The molecule has 0 saturated carbocycles. The van der Waals surface area contributed by atoms with E-state index in [9.17, 15) is 36.7 Å². The summed E-state index contributed by atoms with van der Waals surface area (Å²) in [6.07, 6.45) is -0.0924. The molecule has 4 aromatic rings. The van der Waals surface area contributed by atoms with Crippen molar-refractivity contribution in [1.29, 1.82) is 5.26 Å². The van der Waals surface area contributed by atoms with Crippen molar-refractivity contribution >= 4 is 46.8 Å². The number of benzene rings is 3. The summed E-state index contributed by atoms with van der Waals surface area (Å²) in [6.45, 7) is 3.37. The molecule has 0 aliphatic heterocycles. The first-order valence-electron chi connectivity index (χ1n) is 16.3. The molecular weight excluding hydrogens is 783 g/mol. The molecule has 0 aliphatic rings. The number of amides is 1. The molecule has 1 heterocycles. The average molecular weight is 819 g/mol. The number of halogens is 1. The number of hydrogen-bond acceptors (Lipinski definition) is 14. The molecule has 0 fully saturated rings. The fraction of sp³-hybridized carbons (Fsp3) is 0.257. The Morgan fingerprint density at radius 3 is 2.29 bits per heavy atom. The summed E-state index contributed by atoms with van der Waals surface area (Å²) in [7, 11) is -8.92. The van der Waals surface area contributed by atoms with Gasteiger partial charge in [-0.1, -0.05) is 0 Å². The van der Waals surface area contributed by atoms with Crippen molar-refractivity contribution < 1.29 is 60.1 Å². The van der Waals surface area contributed by atoms with E-state index in [-0.39, 0.29) is 45.7 Å². The zero-order valence-electron chi connectivity index (χ0n) is 29.4. The molecule has 1 amide bonds. The minimum atomic E-state index is -4.63. The Morgan fingerprint density at radius 1 is 0.909 bits per heavy atom. The molecule has 4 rings (SSSR count). The Kier molecular flexibility index (Phi) is 14.9. The van der Waals surface area contributed by atoms with E-state index in [0.717, 1.165) is 29.5 Å². The van der Waals surface area contributed by atoms with Gasteiger partial charge >= 0.3 is 19.5 Å². The Morgan fingerprint density at radius 2 is 1.60 bits per heavy atom. The Balaban J connectivity index is 1.39. The molecule has 0 aliphatic carbocycles. The van der Waals surface area contributed by atoms with E-state index in [1.807, 2.05) is 4.72 Å². The number of nitrogens with one attached hydrogen (secondary N) is 2. The molecule has 20 heteroatoms. The first-order chi connectivity index (χ1) is 26.1. The highest BCUT2D eigenvalue weighted by molar-refractivity contribution is 7.92. The summed E-state index contributed by atoms with van der Waals surface area (Å²) in [5, 5.41) is 11.6. The minimum Gasteiger partial charge on any atom is -0.490 e. The zero-order chi connectivity index (χ0) is 40.2. The van der Waals surface area contributed by atoms with E-state index < -0.39 is 47.6 Å². The van der Waals surface area contributed by atoms with Crippen LogP contribution in [0.4, 0.5) is 4.39 Å². The SMILES string of the molecule is CC(=O)Oc1ccc(C(=O)NCCCOc2cc(-c3ccc(S(=O)(=O)NCP(=O)(O)Oc4ccc(C#N)c(F)c4)s3)ccc2OCCCN)cc1OC(C)=O. The van der Waals surface area contributed by atoms with Crippen LogP contribution < -0.4 is 39.2 Å². The lowest BCUT2D eigenvalue weighted by atomic mass is 10.1. The van der Waals surface area contributed by atoms with Crippen LogP contribution in [0.2, 0.25) is 0 Å². The Bertz CT molecular complexity index is 2240. The summed E-state index contributed by atoms with van der Waals surface area (Å²) >= 11 is 0.875. The van der Waals surface area contributed by atoms with Crippen LogP contribution in [0.1, 0.15) is 42.6 Å².